The van der Waals surface area contributed by atoms with Gasteiger partial charge in [0.05, 0.1) is 11.5 Å². The van der Waals surface area contributed by atoms with E-state index in [2.05, 4.69) is 12.2 Å². The molecule has 6 nitrogen and oxygen atoms in total. The van der Waals surface area contributed by atoms with Gasteiger partial charge in [0.2, 0.25) is 10.0 Å². The fourth-order valence-corrected chi connectivity index (χ4v) is 5.24. The minimum atomic E-state index is -3.56. The molecule has 3 aromatic carbocycles. The van der Waals surface area contributed by atoms with Gasteiger partial charge in [-0.1, -0.05) is 37.6 Å². The summed E-state index contributed by atoms with van der Waals surface area (Å²) in [5, 5.41) is 2.92. The van der Waals surface area contributed by atoms with Gasteiger partial charge in [-0.2, -0.15) is 4.31 Å². The van der Waals surface area contributed by atoms with E-state index in [0.717, 1.165) is 29.7 Å². The summed E-state index contributed by atoms with van der Waals surface area (Å²) < 4.78 is 33.1. The number of rotatable bonds is 8. The minimum Gasteiger partial charge on any atom is -0.494 e. The van der Waals surface area contributed by atoms with Crippen LogP contribution in [-0.4, -0.2) is 31.8 Å². The second kappa shape index (κ2) is 10.2. The fourth-order valence-electron chi connectivity index (χ4n) is 3.80. The predicted molar refractivity (Wildman–Crippen MR) is 129 cm³/mol. The molecule has 0 radical (unpaired) electrons. The van der Waals surface area contributed by atoms with Crippen LogP contribution in [0.4, 0.5) is 5.69 Å². The monoisotopic (exact) mass is 464 g/mol. The number of amides is 1. The van der Waals surface area contributed by atoms with Gasteiger partial charge in [-0.25, -0.2) is 8.42 Å². The van der Waals surface area contributed by atoms with Gasteiger partial charge in [0.25, 0.3) is 5.91 Å². The number of benzene rings is 3. The highest BCUT2D eigenvalue weighted by molar-refractivity contribution is 7.89. The summed E-state index contributed by atoms with van der Waals surface area (Å²) in [4.78, 5) is 13.0. The van der Waals surface area contributed by atoms with E-state index in [4.69, 9.17) is 4.74 Å². The number of ether oxygens (including phenoxy) is 1. The van der Waals surface area contributed by atoms with Crippen LogP contribution in [0, 0.1) is 0 Å². The van der Waals surface area contributed by atoms with Crippen molar-refractivity contribution < 1.29 is 17.9 Å². The van der Waals surface area contributed by atoms with Gasteiger partial charge in [0, 0.05) is 24.3 Å². The number of carbonyl (C=O) groups is 1. The molecule has 3 aromatic rings. The number of unbranched alkanes of at least 4 members (excludes halogenated alkanes) is 1. The Hall–Kier alpha value is -3.16. The predicted octanol–water partition coefficient (Wildman–Crippen LogP) is 4.86. The van der Waals surface area contributed by atoms with Crippen molar-refractivity contribution in [3.63, 3.8) is 0 Å². The molecule has 1 aliphatic heterocycles. The molecule has 0 bridgehead atoms. The maximum atomic E-state index is 13.0. The zero-order valence-corrected chi connectivity index (χ0v) is 19.5. The highest BCUT2D eigenvalue weighted by Gasteiger charge is 2.28. The Balaban J connectivity index is 1.44. The second-order valence-corrected chi connectivity index (χ2v) is 10.0. The number of nitrogens with one attached hydrogen (secondary N) is 1. The third-order valence-corrected chi connectivity index (χ3v) is 7.56. The topological polar surface area (TPSA) is 75.7 Å². The Morgan fingerprint density at radius 1 is 1.00 bits per heavy atom. The van der Waals surface area contributed by atoms with E-state index in [1.165, 1.54) is 4.31 Å². The fraction of sp³-hybridized carbons (Fsp3) is 0.269. The summed E-state index contributed by atoms with van der Waals surface area (Å²) in [7, 11) is -3.56. The standard InChI is InChI=1S/C26H28N2O4S/c1-2-3-17-32-24-13-10-21(11-14-24)26(29)27-23-12-9-20-15-16-28(19-22(20)18-23)33(30,31)25-7-5-4-6-8-25/h4-14,18H,2-3,15-17,19H2,1H3,(H,27,29). The number of fused-ring (bicyclic) bond motifs is 1. The molecule has 4 rings (SSSR count). The number of sulfonamides is 1. The van der Waals surface area contributed by atoms with Crippen LogP contribution in [0.1, 0.15) is 41.3 Å². The molecule has 172 valence electrons. The van der Waals surface area contributed by atoms with Crippen molar-refractivity contribution in [2.75, 3.05) is 18.5 Å². The van der Waals surface area contributed by atoms with Gasteiger partial charge >= 0.3 is 0 Å². The largest absolute Gasteiger partial charge is 0.494 e. The van der Waals surface area contributed by atoms with Gasteiger partial charge in [-0.15, -0.1) is 0 Å². The Kier molecular flexibility index (Phi) is 7.11. The smallest absolute Gasteiger partial charge is 0.255 e. The summed E-state index contributed by atoms with van der Waals surface area (Å²) in [5.74, 6) is 0.521. The Bertz CT molecular complexity index is 1210. The maximum absolute atomic E-state index is 13.0. The van der Waals surface area contributed by atoms with Gasteiger partial charge in [-0.05, 0) is 72.5 Å². The number of hydrogen-bond donors (Lipinski definition) is 1. The molecule has 1 amide bonds. The number of carbonyl (C=O) groups excluding carboxylic acids is 1. The summed E-state index contributed by atoms with van der Waals surface area (Å²) in [6.45, 7) is 3.48. The molecule has 0 saturated heterocycles. The van der Waals surface area contributed by atoms with Crippen LogP contribution in [0.15, 0.2) is 77.7 Å². The van der Waals surface area contributed by atoms with Crippen molar-refractivity contribution >= 4 is 21.6 Å². The van der Waals surface area contributed by atoms with Crippen LogP contribution < -0.4 is 10.1 Å². The molecule has 1 N–H and O–H groups in total. The molecule has 0 atom stereocenters. The number of nitrogens with zero attached hydrogens (tertiary/aromatic N) is 1. The summed E-state index contributed by atoms with van der Waals surface area (Å²) in [6, 6.07) is 21.2. The van der Waals surface area contributed by atoms with E-state index in [1.807, 2.05) is 18.2 Å². The van der Waals surface area contributed by atoms with Crippen molar-refractivity contribution in [2.24, 2.45) is 0 Å². The molecular weight excluding hydrogens is 436 g/mol. The van der Waals surface area contributed by atoms with E-state index >= 15 is 0 Å². The van der Waals surface area contributed by atoms with Gasteiger partial charge in [0.15, 0.2) is 0 Å². The first-order valence-corrected chi connectivity index (χ1v) is 12.6. The number of anilines is 1. The first-order chi connectivity index (χ1) is 16.0. The van der Waals surface area contributed by atoms with Crippen molar-refractivity contribution in [3.8, 4) is 5.75 Å². The van der Waals surface area contributed by atoms with Crippen molar-refractivity contribution in [1.29, 1.82) is 0 Å². The van der Waals surface area contributed by atoms with Crippen LogP contribution in [0.5, 0.6) is 5.75 Å². The van der Waals surface area contributed by atoms with Crippen LogP contribution in [0.25, 0.3) is 0 Å². The Labute approximate surface area is 195 Å². The Morgan fingerprint density at radius 2 is 1.76 bits per heavy atom. The molecule has 0 aromatic heterocycles. The molecule has 1 aliphatic rings. The third kappa shape index (κ3) is 5.43. The lowest BCUT2D eigenvalue weighted by atomic mass is 10.0. The van der Waals surface area contributed by atoms with Gasteiger partial charge in [-0.3, -0.25) is 4.79 Å². The lowest BCUT2D eigenvalue weighted by Crippen LogP contribution is -2.36. The zero-order valence-electron chi connectivity index (χ0n) is 18.7. The van der Waals surface area contributed by atoms with E-state index in [0.29, 0.717) is 35.7 Å². The molecule has 0 saturated carbocycles. The van der Waals surface area contributed by atoms with Crippen LogP contribution >= 0.6 is 0 Å². The molecule has 0 unspecified atom stereocenters. The van der Waals surface area contributed by atoms with Crippen molar-refractivity contribution in [2.45, 2.75) is 37.6 Å². The summed E-state index contributed by atoms with van der Waals surface area (Å²) >= 11 is 0. The maximum Gasteiger partial charge on any atom is 0.255 e. The van der Waals surface area contributed by atoms with E-state index < -0.39 is 10.0 Å². The number of hydrogen-bond acceptors (Lipinski definition) is 4. The zero-order chi connectivity index (χ0) is 23.3. The molecular formula is C26H28N2O4S. The van der Waals surface area contributed by atoms with Gasteiger partial charge in [0.1, 0.15) is 5.75 Å². The first-order valence-electron chi connectivity index (χ1n) is 11.2. The quantitative estimate of drug-likeness (QED) is 0.483. The molecule has 33 heavy (non-hydrogen) atoms. The average molecular weight is 465 g/mol. The van der Waals surface area contributed by atoms with Crippen LogP contribution in [0.3, 0.4) is 0 Å². The van der Waals surface area contributed by atoms with Crippen molar-refractivity contribution in [1.82, 2.24) is 4.31 Å². The third-order valence-electron chi connectivity index (χ3n) is 5.71. The molecule has 0 aliphatic carbocycles. The molecule has 0 fully saturated rings. The average Bonchev–Trinajstić information content (AvgIpc) is 2.84. The SMILES string of the molecule is CCCCOc1ccc(C(=O)Nc2ccc3c(c2)CN(S(=O)(=O)c2ccccc2)CC3)cc1. The summed E-state index contributed by atoms with van der Waals surface area (Å²) in [5.41, 5.74) is 3.17. The Morgan fingerprint density at radius 3 is 2.48 bits per heavy atom. The van der Waals surface area contributed by atoms with E-state index in [-0.39, 0.29) is 12.5 Å². The molecule has 1 heterocycles. The highest BCUT2D eigenvalue weighted by atomic mass is 32.2. The normalized spacial score (nSPS) is 13.8. The van der Waals surface area contributed by atoms with Crippen molar-refractivity contribution in [3.05, 3.63) is 89.5 Å². The van der Waals surface area contributed by atoms with E-state index in [9.17, 15) is 13.2 Å². The van der Waals surface area contributed by atoms with Gasteiger partial charge < -0.3 is 10.1 Å². The first kappa shape index (κ1) is 23.0. The van der Waals surface area contributed by atoms with Crippen LogP contribution in [-0.2, 0) is 23.0 Å². The second-order valence-electron chi connectivity index (χ2n) is 8.07. The lowest BCUT2D eigenvalue weighted by molar-refractivity contribution is 0.102. The summed E-state index contributed by atoms with van der Waals surface area (Å²) in [6.07, 6.45) is 2.69. The molecule has 7 heteroatoms. The highest BCUT2D eigenvalue weighted by Crippen LogP contribution is 2.27. The lowest BCUT2D eigenvalue weighted by Gasteiger charge is -2.28. The minimum absolute atomic E-state index is 0.223. The van der Waals surface area contributed by atoms with Crippen LogP contribution in [0.2, 0.25) is 0 Å². The molecule has 0 spiro atoms. The van der Waals surface area contributed by atoms with E-state index in [1.54, 1.807) is 54.6 Å².